The summed E-state index contributed by atoms with van der Waals surface area (Å²) in [5, 5.41) is 4.44. The van der Waals surface area contributed by atoms with Crippen molar-refractivity contribution >= 4 is 17.3 Å². The zero-order valence-corrected chi connectivity index (χ0v) is 14.1. The van der Waals surface area contributed by atoms with Crippen LogP contribution in [-0.2, 0) is 11.3 Å². The van der Waals surface area contributed by atoms with E-state index >= 15 is 0 Å². The molecule has 1 N–H and O–H groups in total. The number of amides is 1. The number of carbonyl (C=O) groups is 1. The Morgan fingerprint density at radius 3 is 2.92 bits per heavy atom. The molecule has 1 aliphatic heterocycles. The van der Waals surface area contributed by atoms with Crippen molar-refractivity contribution in [2.24, 2.45) is 5.92 Å². The second kappa shape index (κ2) is 6.44. The summed E-state index contributed by atoms with van der Waals surface area (Å²) >= 11 is 0. The Balaban J connectivity index is 1.60. The van der Waals surface area contributed by atoms with Crippen molar-refractivity contribution in [2.75, 3.05) is 18.5 Å². The van der Waals surface area contributed by atoms with Crippen molar-refractivity contribution in [2.45, 2.75) is 26.2 Å². The fourth-order valence-corrected chi connectivity index (χ4v) is 2.96. The van der Waals surface area contributed by atoms with Gasteiger partial charge >= 0.3 is 0 Å². The molecule has 1 aromatic carbocycles. The Bertz CT molecular complexity index is 820. The molecule has 1 aromatic heterocycles. The van der Waals surface area contributed by atoms with Crippen molar-refractivity contribution in [3.8, 4) is 0 Å². The zero-order valence-electron chi connectivity index (χ0n) is 14.1. The predicted molar refractivity (Wildman–Crippen MR) is 92.1 cm³/mol. The van der Waals surface area contributed by atoms with Crippen LogP contribution in [0, 0.1) is 18.7 Å². The van der Waals surface area contributed by atoms with Crippen LogP contribution in [0.5, 0.6) is 0 Å². The lowest BCUT2D eigenvalue weighted by molar-refractivity contribution is -0.128. The molecule has 1 fully saturated rings. The van der Waals surface area contributed by atoms with Crippen LogP contribution in [0.25, 0.3) is 0 Å². The number of hydrogen-bond donors (Lipinski definition) is 1. The number of fused-ring (bicyclic) bond motifs is 1. The molecular weight excluding hydrogens is 321 g/mol. The molecule has 0 atom stereocenters. The lowest BCUT2D eigenvalue weighted by atomic mass is 10.0. The molecule has 2 aromatic rings. The van der Waals surface area contributed by atoms with Gasteiger partial charge in [0.05, 0.1) is 36.3 Å². The van der Waals surface area contributed by atoms with Crippen molar-refractivity contribution in [3.63, 3.8) is 0 Å². The molecule has 25 heavy (non-hydrogen) atoms. The number of halogens is 1. The average molecular weight is 341 g/mol. The highest BCUT2D eigenvalue weighted by Gasteiger charge is 2.30. The van der Waals surface area contributed by atoms with E-state index < -0.39 is 0 Å². The highest BCUT2D eigenvalue weighted by molar-refractivity contribution is 6.01. The van der Waals surface area contributed by atoms with E-state index in [2.05, 4.69) is 10.3 Å². The SMILES string of the molecule is Cc1ccc(Nc2cncc3c2C(=O)N(OCC2CC2)CC3)c(F)c1. The first-order chi connectivity index (χ1) is 12.1. The number of anilines is 2. The summed E-state index contributed by atoms with van der Waals surface area (Å²) in [7, 11) is 0. The van der Waals surface area contributed by atoms with Crippen molar-refractivity contribution < 1.29 is 14.0 Å². The van der Waals surface area contributed by atoms with Gasteiger partial charge in [0.2, 0.25) is 0 Å². The van der Waals surface area contributed by atoms with Gasteiger partial charge in [0.25, 0.3) is 5.91 Å². The number of hydrogen-bond acceptors (Lipinski definition) is 4. The minimum Gasteiger partial charge on any atom is -0.351 e. The standard InChI is InChI=1S/C19H20FN3O2/c1-12-2-5-16(15(20)8-12)22-17-10-21-9-14-6-7-23(19(24)18(14)17)25-11-13-3-4-13/h2,5,8-10,13,22H,3-4,6-7,11H2,1H3. The molecule has 6 heteroatoms. The van der Waals surface area contributed by atoms with Gasteiger partial charge in [0.15, 0.2) is 0 Å². The van der Waals surface area contributed by atoms with Gasteiger partial charge in [-0.05, 0) is 55.4 Å². The Labute approximate surface area is 145 Å². The Morgan fingerprint density at radius 2 is 2.16 bits per heavy atom. The predicted octanol–water partition coefficient (Wildman–Crippen LogP) is 3.61. The topological polar surface area (TPSA) is 54.5 Å². The second-order valence-electron chi connectivity index (χ2n) is 6.73. The van der Waals surface area contributed by atoms with E-state index in [-0.39, 0.29) is 11.7 Å². The van der Waals surface area contributed by atoms with Gasteiger partial charge in [-0.1, -0.05) is 6.07 Å². The molecule has 1 amide bonds. The molecule has 5 nitrogen and oxygen atoms in total. The van der Waals surface area contributed by atoms with Crippen LogP contribution >= 0.6 is 0 Å². The van der Waals surface area contributed by atoms with Crippen LogP contribution in [0.4, 0.5) is 15.8 Å². The first-order valence-corrected chi connectivity index (χ1v) is 8.56. The fraction of sp³-hybridized carbons (Fsp3) is 0.368. The summed E-state index contributed by atoms with van der Waals surface area (Å²) in [4.78, 5) is 22.7. The molecule has 0 unspecified atom stereocenters. The zero-order chi connectivity index (χ0) is 17.4. The largest absolute Gasteiger partial charge is 0.351 e. The number of pyridine rings is 1. The maximum Gasteiger partial charge on any atom is 0.279 e. The number of aryl methyl sites for hydroxylation is 1. The van der Waals surface area contributed by atoms with E-state index in [0.717, 1.165) is 11.1 Å². The van der Waals surface area contributed by atoms with Crippen LogP contribution in [0.1, 0.15) is 34.3 Å². The Kier molecular flexibility index (Phi) is 4.13. The van der Waals surface area contributed by atoms with Gasteiger partial charge in [-0.2, -0.15) is 0 Å². The third kappa shape index (κ3) is 3.35. The van der Waals surface area contributed by atoms with Crippen molar-refractivity contribution in [3.05, 3.63) is 53.1 Å². The minimum atomic E-state index is -0.359. The van der Waals surface area contributed by atoms with Crippen molar-refractivity contribution in [1.82, 2.24) is 10.0 Å². The smallest absolute Gasteiger partial charge is 0.279 e. The first kappa shape index (κ1) is 16.0. The normalized spacial score (nSPS) is 16.7. The van der Waals surface area contributed by atoms with Crippen LogP contribution in [0.3, 0.4) is 0 Å². The second-order valence-corrected chi connectivity index (χ2v) is 6.73. The van der Waals surface area contributed by atoms with E-state index in [9.17, 15) is 9.18 Å². The van der Waals surface area contributed by atoms with Crippen LogP contribution in [-0.4, -0.2) is 29.1 Å². The van der Waals surface area contributed by atoms with Crippen LogP contribution in [0.2, 0.25) is 0 Å². The molecule has 0 saturated heterocycles. The van der Waals surface area contributed by atoms with E-state index in [1.165, 1.54) is 24.0 Å². The van der Waals surface area contributed by atoms with E-state index in [1.54, 1.807) is 18.5 Å². The molecule has 1 aliphatic carbocycles. The lowest BCUT2D eigenvalue weighted by Crippen LogP contribution is -2.38. The average Bonchev–Trinajstić information content (AvgIpc) is 3.41. The fourth-order valence-electron chi connectivity index (χ4n) is 2.96. The van der Waals surface area contributed by atoms with Gasteiger partial charge in [-0.3, -0.25) is 14.6 Å². The minimum absolute atomic E-state index is 0.195. The molecule has 2 heterocycles. The first-order valence-electron chi connectivity index (χ1n) is 8.56. The molecule has 0 spiro atoms. The van der Waals surface area contributed by atoms with Crippen molar-refractivity contribution in [1.29, 1.82) is 0 Å². The quantitative estimate of drug-likeness (QED) is 0.903. The number of carbonyl (C=O) groups excluding carboxylic acids is 1. The monoisotopic (exact) mass is 341 g/mol. The number of nitrogens with one attached hydrogen (secondary N) is 1. The van der Waals surface area contributed by atoms with Gasteiger partial charge < -0.3 is 5.32 Å². The number of nitrogens with zero attached hydrogens (tertiary/aromatic N) is 2. The molecule has 130 valence electrons. The van der Waals surface area contributed by atoms with Crippen LogP contribution in [0.15, 0.2) is 30.6 Å². The highest BCUT2D eigenvalue weighted by atomic mass is 19.1. The van der Waals surface area contributed by atoms with Gasteiger partial charge in [0, 0.05) is 6.20 Å². The van der Waals surface area contributed by atoms with Gasteiger partial charge in [-0.15, -0.1) is 0 Å². The third-order valence-electron chi connectivity index (χ3n) is 4.61. The number of aromatic nitrogens is 1. The molecule has 0 bridgehead atoms. The summed E-state index contributed by atoms with van der Waals surface area (Å²) in [6, 6.07) is 4.94. The van der Waals surface area contributed by atoms with Gasteiger partial charge in [0.1, 0.15) is 5.82 Å². The summed E-state index contributed by atoms with van der Waals surface area (Å²) in [5.41, 5.74) is 3.03. The highest BCUT2D eigenvalue weighted by Crippen LogP contribution is 2.32. The van der Waals surface area contributed by atoms with E-state index in [4.69, 9.17) is 4.84 Å². The Morgan fingerprint density at radius 1 is 1.32 bits per heavy atom. The molecule has 2 aliphatic rings. The molecule has 0 radical (unpaired) electrons. The number of hydroxylamine groups is 2. The van der Waals surface area contributed by atoms with Crippen LogP contribution < -0.4 is 5.32 Å². The third-order valence-corrected chi connectivity index (χ3v) is 4.61. The molecule has 1 saturated carbocycles. The molecular formula is C19H20FN3O2. The summed E-state index contributed by atoms with van der Waals surface area (Å²) in [6.45, 7) is 2.93. The van der Waals surface area contributed by atoms with Gasteiger partial charge in [-0.25, -0.2) is 9.45 Å². The van der Waals surface area contributed by atoms with E-state index in [0.29, 0.717) is 42.4 Å². The maximum atomic E-state index is 14.2. The maximum absolute atomic E-state index is 14.2. The Hall–Kier alpha value is -2.47. The number of benzene rings is 1. The van der Waals surface area contributed by atoms with E-state index in [1.807, 2.05) is 13.0 Å². The summed E-state index contributed by atoms with van der Waals surface area (Å²) < 4.78 is 14.2. The molecule has 4 rings (SSSR count). The number of rotatable bonds is 5. The summed E-state index contributed by atoms with van der Waals surface area (Å²) in [6.07, 6.45) is 6.26. The lowest BCUT2D eigenvalue weighted by Gasteiger charge is -2.28. The summed E-state index contributed by atoms with van der Waals surface area (Å²) in [5.74, 6) is 0.0212.